The Balaban J connectivity index is 1.87. The average Bonchev–Trinajstić information content (AvgIpc) is 2.47. The van der Waals surface area contributed by atoms with Gasteiger partial charge in [-0.15, -0.1) is 0 Å². The van der Waals surface area contributed by atoms with Crippen molar-refractivity contribution in [3.8, 4) is 0 Å². The second-order valence-corrected chi connectivity index (χ2v) is 5.76. The molecule has 1 aromatic heterocycles. The third kappa shape index (κ3) is 2.44. The minimum Gasteiger partial charge on any atom is -0.382 e. The molecule has 0 spiro atoms. The molecule has 1 saturated heterocycles. The number of amidine groups is 1. The summed E-state index contributed by atoms with van der Waals surface area (Å²) in [4.78, 5) is 6.69. The van der Waals surface area contributed by atoms with E-state index in [0.29, 0.717) is 11.7 Å². The fraction of sp³-hybridized carbons (Fsp3) is 0.600. The Kier molecular flexibility index (Phi) is 3.40. The number of nitrogen functional groups attached to an aromatic ring is 1. The highest BCUT2D eigenvalue weighted by Gasteiger charge is 2.33. The van der Waals surface area contributed by atoms with Crippen molar-refractivity contribution in [3.05, 3.63) is 24.0 Å². The molecule has 0 bridgehead atoms. The smallest absolute Gasteiger partial charge is 0.141 e. The summed E-state index contributed by atoms with van der Waals surface area (Å²) in [6.07, 6.45) is 9.86. The van der Waals surface area contributed by atoms with E-state index in [9.17, 15) is 0 Å². The third-order valence-electron chi connectivity index (χ3n) is 4.59. The Bertz CT molecular complexity index is 469. The number of nitrogens with one attached hydrogen (secondary N) is 1. The van der Waals surface area contributed by atoms with Crippen LogP contribution in [0.5, 0.6) is 0 Å². The normalized spacial score (nSPS) is 26.8. The fourth-order valence-electron chi connectivity index (χ4n) is 3.69. The first kappa shape index (κ1) is 12.5. The molecule has 0 radical (unpaired) electrons. The first-order valence-corrected chi connectivity index (χ1v) is 7.33. The van der Waals surface area contributed by atoms with E-state index < -0.39 is 0 Å². The van der Waals surface area contributed by atoms with Gasteiger partial charge in [-0.05, 0) is 43.7 Å². The molecule has 1 aliphatic heterocycles. The fourth-order valence-corrected chi connectivity index (χ4v) is 3.69. The molecule has 3 N–H and O–H groups in total. The second kappa shape index (κ2) is 5.19. The Hall–Kier alpha value is -1.58. The lowest BCUT2D eigenvalue weighted by molar-refractivity contribution is 0.244. The lowest BCUT2D eigenvalue weighted by Crippen LogP contribution is -2.47. The summed E-state index contributed by atoms with van der Waals surface area (Å²) in [6, 6.07) is 4.72. The Morgan fingerprint density at radius 2 is 2.05 bits per heavy atom. The monoisotopic (exact) mass is 258 g/mol. The molecule has 2 atom stereocenters. The average molecular weight is 258 g/mol. The molecule has 0 amide bonds. The van der Waals surface area contributed by atoms with Crippen LogP contribution in [0.1, 0.15) is 44.2 Å². The first-order valence-electron chi connectivity index (χ1n) is 7.33. The molecule has 0 aromatic carbocycles. The van der Waals surface area contributed by atoms with Gasteiger partial charge < -0.3 is 10.6 Å². The highest BCUT2D eigenvalue weighted by Crippen LogP contribution is 2.37. The maximum atomic E-state index is 7.52. The van der Waals surface area contributed by atoms with Gasteiger partial charge in [0.05, 0.1) is 0 Å². The summed E-state index contributed by atoms with van der Waals surface area (Å²) >= 11 is 0. The summed E-state index contributed by atoms with van der Waals surface area (Å²) in [5, 5.41) is 7.52. The maximum Gasteiger partial charge on any atom is 0.141 e. The maximum absolute atomic E-state index is 7.52. The number of rotatable bonds is 2. The Morgan fingerprint density at radius 3 is 2.89 bits per heavy atom. The molecule has 19 heavy (non-hydrogen) atoms. The van der Waals surface area contributed by atoms with E-state index in [1.165, 1.54) is 44.2 Å². The number of anilines is 1. The van der Waals surface area contributed by atoms with E-state index in [-0.39, 0.29) is 5.84 Å². The van der Waals surface area contributed by atoms with E-state index in [1.54, 1.807) is 6.20 Å². The predicted octanol–water partition coefficient (Wildman–Crippen LogP) is 2.52. The van der Waals surface area contributed by atoms with Crippen LogP contribution in [0.2, 0.25) is 0 Å². The van der Waals surface area contributed by atoms with Gasteiger partial charge in [0.1, 0.15) is 11.5 Å². The lowest BCUT2D eigenvalue weighted by atomic mass is 9.78. The van der Waals surface area contributed by atoms with Crippen molar-refractivity contribution < 1.29 is 0 Å². The van der Waals surface area contributed by atoms with Crippen LogP contribution >= 0.6 is 0 Å². The Morgan fingerprint density at radius 1 is 1.26 bits per heavy atom. The van der Waals surface area contributed by atoms with Crippen LogP contribution in [0, 0.1) is 11.3 Å². The number of nitrogens with zero attached hydrogens (tertiary/aromatic N) is 2. The van der Waals surface area contributed by atoms with Crippen LogP contribution in [0.15, 0.2) is 18.3 Å². The lowest BCUT2D eigenvalue weighted by Gasteiger charge is -2.45. The van der Waals surface area contributed by atoms with E-state index in [2.05, 4.69) is 16.0 Å². The minimum atomic E-state index is 0.0547. The molecular weight excluding hydrogens is 236 g/mol. The second-order valence-electron chi connectivity index (χ2n) is 5.76. The van der Waals surface area contributed by atoms with E-state index in [1.807, 2.05) is 6.07 Å². The molecule has 2 aliphatic rings. The van der Waals surface area contributed by atoms with Crippen LogP contribution in [0.25, 0.3) is 0 Å². The molecule has 0 unspecified atom stereocenters. The van der Waals surface area contributed by atoms with Crippen LogP contribution in [-0.4, -0.2) is 23.4 Å². The number of piperidine rings is 1. The van der Waals surface area contributed by atoms with Crippen molar-refractivity contribution in [1.82, 2.24) is 4.98 Å². The van der Waals surface area contributed by atoms with Gasteiger partial charge in [-0.2, -0.15) is 0 Å². The van der Waals surface area contributed by atoms with Gasteiger partial charge in [0, 0.05) is 24.5 Å². The number of pyridine rings is 1. The van der Waals surface area contributed by atoms with Gasteiger partial charge in [0.25, 0.3) is 0 Å². The molecule has 4 heteroatoms. The number of aromatic nitrogens is 1. The summed E-state index contributed by atoms with van der Waals surface area (Å²) in [5.41, 5.74) is 7.33. The molecule has 3 rings (SSSR count). The van der Waals surface area contributed by atoms with Crippen molar-refractivity contribution >= 4 is 11.5 Å². The summed E-state index contributed by atoms with van der Waals surface area (Å²) in [7, 11) is 0. The number of hydrogen-bond donors (Lipinski definition) is 2. The van der Waals surface area contributed by atoms with Gasteiger partial charge in [-0.25, -0.2) is 0 Å². The SMILES string of the molecule is N=C(N)c1cc(N2CCC[C@H]3CCCC[C@H]32)ccn1. The zero-order valence-corrected chi connectivity index (χ0v) is 11.3. The number of fused-ring (bicyclic) bond motifs is 1. The summed E-state index contributed by atoms with van der Waals surface area (Å²) in [5.74, 6) is 0.912. The zero-order valence-electron chi connectivity index (χ0n) is 11.3. The van der Waals surface area contributed by atoms with Gasteiger partial charge in [0.2, 0.25) is 0 Å². The topological polar surface area (TPSA) is 66.0 Å². The van der Waals surface area contributed by atoms with Crippen LogP contribution < -0.4 is 10.6 Å². The summed E-state index contributed by atoms with van der Waals surface area (Å²) < 4.78 is 0. The highest BCUT2D eigenvalue weighted by atomic mass is 15.2. The third-order valence-corrected chi connectivity index (χ3v) is 4.59. The number of hydrogen-bond acceptors (Lipinski definition) is 3. The largest absolute Gasteiger partial charge is 0.382 e. The molecule has 102 valence electrons. The van der Waals surface area contributed by atoms with Crippen molar-refractivity contribution in [2.24, 2.45) is 11.7 Å². The highest BCUT2D eigenvalue weighted by molar-refractivity contribution is 5.93. The summed E-state index contributed by atoms with van der Waals surface area (Å²) in [6.45, 7) is 1.13. The van der Waals surface area contributed by atoms with Gasteiger partial charge in [0.15, 0.2) is 0 Å². The van der Waals surface area contributed by atoms with Gasteiger partial charge >= 0.3 is 0 Å². The standard InChI is InChI=1S/C15H22N4/c16-15(17)13-10-12(7-8-18-13)19-9-3-5-11-4-1-2-6-14(11)19/h7-8,10-11,14H,1-6,9H2,(H3,16,17)/t11-,14-/m1/s1. The van der Waals surface area contributed by atoms with Crippen LogP contribution in [0.4, 0.5) is 5.69 Å². The van der Waals surface area contributed by atoms with E-state index in [0.717, 1.165) is 12.5 Å². The molecule has 2 fully saturated rings. The van der Waals surface area contributed by atoms with Crippen molar-refractivity contribution in [1.29, 1.82) is 5.41 Å². The van der Waals surface area contributed by atoms with E-state index >= 15 is 0 Å². The quantitative estimate of drug-likeness (QED) is 0.633. The molecular formula is C15H22N4. The van der Waals surface area contributed by atoms with Gasteiger partial charge in [-0.3, -0.25) is 10.4 Å². The van der Waals surface area contributed by atoms with Crippen LogP contribution in [0.3, 0.4) is 0 Å². The molecule has 1 aromatic rings. The van der Waals surface area contributed by atoms with Crippen molar-refractivity contribution in [2.45, 2.75) is 44.6 Å². The number of nitrogens with two attached hydrogens (primary N) is 1. The molecule has 1 saturated carbocycles. The predicted molar refractivity (Wildman–Crippen MR) is 77.6 cm³/mol. The van der Waals surface area contributed by atoms with E-state index in [4.69, 9.17) is 11.1 Å². The first-order chi connectivity index (χ1) is 9.25. The van der Waals surface area contributed by atoms with Crippen LogP contribution in [-0.2, 0) is 0 Å². The molecule has 1 aliphatic carbocycles. The Labute approximate surface area is 114 Å². The zero-order chi connectivity index (χ0) is 13.2. The minimum absolute atomic E-state index is 0.0547. The van der Waals surface area contributed by atoms with Gasteiger partial charge in [-0.1, -0.05) is 12.8 Å². The molecule has 4 nitrogen and oxygen atoms in total. The van der Waals surface area contributed by atoms with Crippen molar-refractivity contribution in [2.75, 3.05) is 11.4 Å². The molecule has 2 heterocycles. The van der Waals surface area contributed by atoms with Crippen molar-refractivity contribution in [3.63, 3.8) is 0 Å².